The Balaban J connectivity index is 1.70. The molecule has 0 aromatic carbocycles. The highest BCUT2D eigenvalue weighted by molar-refractivity contribution is 7.48. The van der Waals surface area contributed by atoms with Gasteiger partial charge in [-0.25, -0.2) is 13.9 Å². The second kappa shape index (κ2) is 6.23. The fourth-order valence-corrected chi connectivity index (χ4v) is 5.00. The van der Waals surface area contributed by atoms with Crippen molar-refractivity contribution in [2.75, 3.05) is 18.1 Å². The van der Waals surface area contributed by atoms with Gasteiger partial charge in [0, 0.05) is 0 Å². The van der Waals surface area contributed by atoms with Gasteiger partial charge >= 0.3 is 7.82 Å². The average molecular weight is 423 g/mol. The Morgan fingerprint density at radius 3 is 2.93 bits per heavy atom. The molecule has 14 heteroatoms. The van der Waals surface area contributed by atoms with Gasteiger partial charge in [0.05, 0.1) is 19.0 Å². The Hall–Kier alpha value is -1.56. The zero-order valence-electron chi connectivity index (χ0n) is 14.3. The maximum absolute atomic E-state index is 15.5. The lowest BCUT2D eigenvalue weighted by Gasteiger charge is -2.33. The molecule has 4 heterocycles. The number of anilines is 2. The summed E-state index contributed by atoms with van der Waals surface area (Å²) in [5, 5.41) is -2.62. The van der Waals surface area contributed by atoms with Gasteiger partial charge in [0.25, 0.3) is 5.13 Å². The van der Waals surface area contributed by atoms with Crippen molar-refractivity contribution in [3.05, 3.63) is 6.33 Å². The van der Waals surface area contributed by atoms with Crippen LogP contribution < -0.4 is 11.5 Å². The molecule has 0 saturated carbocycles. The second-order valence-electron chi connectivity index (χ2n) is 6.42. The standard InChI is InChI=1S/C13H17ClFN6O5P/c1-5(2)25-27(22)23-3-6-8(26-27)13(14,15)11(24-6)21-4-18-7-9(16)19-12(17)20-10(7)21/h4-6,8,11H,3H2,1-2H3,(H4,16,17,19,20)/t6-,8-,11-,13+,27?/m1/s1. The molecule has 4 N–H and O–H groups in total. The number of alkyl halides is 2. The van der Waals surface area contributed by atoms with Crippen molar-refractivity contribution in [1.29, 1.82) is 0 Å². The summed E-state index contributed by atoms with van der Waals surface area (Å²) in [6, 6.07) is 0. The van der Waals surface area contributed by atoms with E-state index in [-0.39, 0.29) is 29.5 Å². The molecule has 0 aliphatic carbocycles. The minimum absolute atomic E-state index is 0.0279. The molecule has 5 atom stereocenters. The first-order valence-corrected chi connectivity index (χ1v) is 9.85. The van der Waals surface area contributed by atoms with E-state index in [1.165, 1.54) is 10.9 Å². The normalized spacial score (nSPS) is 36.4. The van der Waals surface area contributed by atoms with E-state index in [0.717, 1.165) is 0 Å². The SMILES string of the molecule is CC(C)OP1(=O)OC[C@H]2O[C@@H](n3cnc4c(N)nc(N)nc43)[C@](F)(Cl)[C@@H]2O1. The van der Waals surface area contributed by atoms with Gasteiger partial charge < -0.3 is 16.2 Å². The minimum atomic E-state index is -3.98. The van der Waals surface area contributed by atoms with Gasteiger partial charge in [0.1, 0.15) is 11.6 Å². The number of phosphoric acid groups is 1. The highest BCUT2D eigenvalue weighted by atomic mass is 35.5. The van der Waals surface area contributed by atoms with E-state index in [9.17, 15) is 4.57 Å². The number of imidazole rings is 1. The van der Waals surface area contributed by atoms with Gasteiger partial charge in [0.15, 0.2) is 23.8 Å². The van der Waals surface area contributed by atoms with Crippen molar-refractivity contribution >= 4 is 42.4 Å². The Morgan fingerprint density at radius 1 is 1.48 bits per heavy atom. The monoisotopic (exact) mass is 422 g/mol. The van der Waals surface area contributed by atoms with E-state index in [1.807, 2.05) is 0 Å². The van der Waals surface area contributed by atoms with Crippen molar-refractivity contribution in [2.24, 2.45) is 0 Å². The third kappa shape index (κ3) is 3.06. The first-order valence-electron chi connectivity index (χ1n) is 8.01. The van der Waals surface area contributed by atoms with Gasteiger partial charge in [0.2, 0.25) is 5.95 Å². The number of aromatic nitrogens is 4. The van der Waals surface area contributed by atoms with Crippen molar-refractivity contribution < 1.29 is 27.3 Å². The van der Waals surface area contributed by atoms with E-state index in [0.29, 0.717) is 0 Å². The molecule has 2 aromatic heterocycles. The highest BCUT2D eigenvalue weighted by Gasteiger charge is 2.63. The molecule has 0 amide bonds. The maximum Gasteiger partial charge on any atom is 0.475 e. The molecule has 2 fully saturated rings. The van der Waals surface area contributed by atoms with Crippen LogP contribution in [0.25, 0.3) is 11.2 Å². The summed E-state index contributed by atoms with van der Waals surface area (Å²) in [5.74, 6) is -0.0919. The lowest BCUT2D eigenvalue weighted by atomic mass is 10.1. The van der Waals surface area contributed by atoms with E-state index in [2.05, 4.69) is 15.0 Å². The van der Waals surface area contributed by atoms with Crippen molar-refractivity contribution in [3.63, 3.8) is 0 Å². The van der Waals surface area contributed by atoms with Crippen LogP contribution in [0.1, 0.15) is 20.1 Å². The number of halogens is 2. The van der Waals surface area contributed by atoms with E-state index in [1.54, 1.807) is 13.8 Å². The van der Waals surface area contributed by atoms with Crippen molar-refractivity contribution in [2.45, 2.75) is 43.5 Å². The van der Waals surface area contributed by atoms with Gasteiger partial charge in [-0.2, -0.15) is 9.97 Å². The lowest BCUT2D eigenvalue weighted by molar-refractivity contribution is -0.0733. The first kappa shape index (κ1) is 18.8. The molecule has 2 aliphatic rings. The largest absolute Gasteiger partial charge is 0.475 e. The summed E-state index contributed by atoms with van der Waals surface area (Å²) >= 11 is 6.14. The zero-order chi connectivity index (χ0) is 19.6. The van der Waals surface area contributed by atoms with Crippen LogP contribution >= 0.6 is 19.4 Å². The number of fused-ring (bicyclic) bond motifs is 2. The van der Waals surface area contributed by atoms with Gasteiger partial charge in [-0.15, -0.1) is 0 Å². The molecule has 27 heavy (non-hydrogen) atoms. The minimum Gasteiger partial charge on any atom is -0.382 e. The Bertz CT molecular complexity index is 941. The predicted octanol–water partition coefficient (Wildman–Crippen LogP) is 1.74. The number of nitrogens with two attached hydrogens (primary N) is 2. The van der Waals surface area contributed by atoms with Crippen LogP contribution in [0.2, 0.25) is 0 Å². The molecular formula is C13H17ClFN6O5P. The summed E-state index contributed by atoms with van der Waals surface area (Å²) in [6.45, 7) is 3.05. The van der Waals surface area contributed by atoms with E-state index >= 15 is 4.39 Å². The molecule has 148 valence electrons. The number of hydrogen-bond donors (Lipinski definition) is 2. The predicted molar refractivity (Wildman–Crippen MR) is 92.4 cm³/mol. The fourth-order valence-electron chi connectivity index (χ4n) is 3.01. The molecule has 1 unspecified atom stereocenters. The fraction of sp³-hybridized carbons (Fsp3) is 0.615. The third-order valence-electron chi connectivity index (χ3n) is 4.05. The number of hydrogen-bond acceptors (Lipinski definition) is 10. The Kier molecular flexibility index (Phi) is 4.33. The number of rotatable bonds is 3. The highest BCUT2D eigenvalue weighted by Crippen LogP contribution is 2.61. The van der Waals surface area contributed by atoms with Gasteiger partial charge in [-0.3, -0.25) is 18.1 Å². The Labute approximate surface area is 157 Å². The Morgan fingerprint density at radius 2 is 2.22 bits per heavy atom. The summed E-state index contributed by atoms with van der Waals surface area (Å²) in [7, 11) is -3.98. The summed E-state index contributed by atoms with van der Waals surface area (Å²) in [4.78, 5) is 11.9. The van der Waals surface area contributed by atoms with Crippen LogP contribution in [-0.2, 0) is 22.9 Å². The number of nitrogens with zero attached hydrogens (tertiary/aromatic N) is 4. The van der Waals surface area contributed by atoms with Gasteiger partial charge in [-0.1, -0.05) is 11.6 Å². The average Bonchev–Trinajstić information content (AvgIpc) is 3.05. The topological polar surface area (TPSA) is 150 Å². The van der Waals surface area contributed by atoms with Crippen molar-refractivity contribution in [3.8, 4) is 0 Å². The molecule has 0 bridgehead atoms. The third-order valence-corrected chi connectivity index (χ3v) is 6.08. The zero-order valence-corrected chi connectivity index (χ0v) is 15.9. The number of ether oxygens (including phenoxy) is 1. The summed E-state index contributed by atoms with van der Waals surface area (Å²) in [5.41, 5.74) is 11.7. The quantitative estimate of drug-likeness (QED) is 0.553. The molecular weight excluding hydrogens is 406 g/mol. The van der Waals surface area contributed by atoms with Gasteiger partial charge in [-0.05, 0) is 13.8 Å². The number of phosphoric ester groups is 1. The molecule has 2 saturated heterocycles. The van der Waals surface area contributed by atoms with Crippen LogP contribution in [0.4, 0.5) is 16.2 Å². The summed E-state index contributed by atoms with van der Waals surface area (Å²) in [6.07, 6.45) is -2.96. The van der Waals surface area contributed by atoms with Crippen LogP contribution in [0, 0.1) is 0 Å². The number of nitrogen functional groups attached to an aromatic ring is 2. The molecule has 2 aliphatic heterocycles. The van der Waals surface area contributed by atoms with Crippen LogP contribution in [0.3, 0.4) is 0 Å². The maximum atomic E-state index is 15.5. The van der Waals surface area contributed by atoms with Crippen LogP contribution in [-0.4, -0.2) is 49.6 Å². The second-order valence-corrected chi connectivity index (χ2v) is 8.57. The molecule has 0 radical (unpaired) electrons. The summed E-state index contributed by atoms with van der Waals surface area (Å²) < 4.78 is 50.5. The molecule has 0 spiro atoms. The van der Waals surface area contributed by atoms with Crippen molar-refractivity contribution in [1.82, 2.24) is 19.5 Å². The molecule has 2 aromatic rings. The molecule has 11 nitrogen and oxygen atoms in total. The smallest absolute Gasteiger partial charge is 0.382 e. The van der Waals surface area contributed by atoms with E-state index < -0.39 is 37.5 Å². The van der Waals surface area contributed by atoms with Crippen LogP contribution in [0.15, 0.2) is 6.33 Å². The first-order chi connectivity index (χ1) is 12.6. The van der Waals surface area contributed by atoms with Crippen LogP contribution in [0.5, 0.6) is 0 Å². The molecule has 4 rings (SSSR count). The lowest BCUT2D eigenvalue weighted by Crippen LogP contribution is -2.43. The van der Waals surface area contributed by atoms with E-state index in [4.69, 9.17) is 41.4 Å².